The van der Waals surface area contributed by atoms with Crippen LogP contribution < -0.4 is 0 Å². The molecule has 44 heavy (non-hydrogen) atoms. The van der Waals surface area contributed by atoms with Crippen molar-refractivity contribution in [2.75, 3.05) is 0 Å². The predicted octanol–water partition coefficient (Wildman–Crippen LogP) is 10.5. The van der Waals surface area contributed by atoms with Crippen LogP contribution in [0.4, 0.5) is 0 Å². The number of fused-ring (bicyclic) bond motifs is 6. The Morgan fingerprint density at radius 2 is 1.30 bits per heavy atom. The first-order valence-corrected chi connectivity index (χ1v) is 14.6. The summed E-state index contributed by atoms with van der Waals surface area (Å²) < 4.78 is 6.00. The minimum atomic E-state index is 0.202. The number of benzene rings is 7. The van der Waals surface area contributed by atoms with Crippen LogP contribution in [0.2, 0.25) is 0 Å². The average molecular weight is 565 g/mol. The average Bonchev–Trinajstić information content (AvgIpc) is 3.52. The van der Waals surface area contributed by atoms with E-state index in [1.165, 1.54) is 5.39 Å². The molecule has 0 amide bonds. The van der Waals surface area contributed by atoms with Crippen molar-refractivity contribution >= 4 is 54.3 Å². The van der Waals surface area contributed by atoms with Crippen LogP contribution in [0.3, 0.4) is 0 Å². The highest BCUT2D eigenvalue weighted by Crippen LogP contribution is 2.45. The van der Waals surface area contributed by atoms with E-state index in [2.05, 4.69) is 94.9 Å². The summed E-state index contributed by atoms with van der Waals surface area (Å²) in [6.45, 7) is 0. The zero-order chi connectivity index (χ0) is 29.2. The van der Waals surface area contributed by atoms with Gasteiger partial charge in [0, 0.05) is 28.3 Å². The van der Waals surface area contributed by atoms with Gasteiger partial charge >= 0.3 is 0 Å². The number of rotatable bonds is 3. The maximum Gasteiger partial charge on any atom is 0.227 e. The molecular weight excluding hydrogens is 540 g/mol. The van der Waals surface area contributed by atoms with Crippen molar-refractivity contribution in [1.29, 1.82) is 0 Å². The first-order chi connectivity index (χ1) is 21.7. The van der Waals surface area contributed by atoms with E-state index in [9.17, 15) is 5.11 Å². The summed E-state index contributed by atoms with van der Waals surface area (Å²) >= 11 is 0. The van der Waals surface area contributed by atoms with E-state index in [-0.39, 0.29) is 5.75 Å². The Bertz CT molecular complexity index is 2530. The summed E-state index contributed by atoms with van der Waals surface area (Å²) in [6.07, 6.45) is 1.72. The molecule has 0 aliphatic carbocycles. The van der Waals surface area contributed by atoms with Gasteiger partial charge in [-0.05, 0) is 85.9 Å². The Hall–Kier alpha value is -6.00. The highest BCUT2D eigenvalue weighted by Gasteiger charge is 2.18. The number of phenolic OH excluding ortho intramolecular Hbond substituents is 1. The Morgan fingerprint density at radius 3 is 2.20 bits per heavy atom. The van der Waals surface area contributed by atoms with E-state index in [0.717, 1.165) is 71.2 Å². The van der Waals surface area contributed by atoms with E-state index in [1.807, 2.05) is 48.5 Å². The number of para-hydroxylation sites is 2. The van der Waals surface area contributed by atoms with Crippen LogP contribution in [-0.4, -0.2) is 15.1 Å². The van der Waals surface area contributed by atoms with E-state index in [4.69, 9.17) is 4.42 Å². The predicted molar refractivity (Wildman–Crippen MR) is 180 cm³/mol. The molecule has 2 heterocycles. The van der Waals surface area contributed by atoms with Crippen LogP contribution in [0.1, 0.15) is 0 Å². The Balaban J connectivity index is 1.24. The zero-order valence-corrected chi connectivity index (χ0v) is 23.5. The van der Waals surface area contributed by atoms with Gasteiger partial charge in [0.05, 0.1) is 0 Å². The quantitative estimate of drug-likeness (QED) is 0.171. The molecule has 0 bridgehead atoms. The number of oxazole rings is 1. The third-order valence-corrected chi connectivity index (χ3v) is 8.66. The van der Waals surface area contributed by atoms with Crippen LogP contribution >= 0.6 is 0 Å². The van der Waals surface area contributed by atoms with Crippen molar-refractivity contribution in [2.45, 2.75) is 0 Å². The number of aromatic hydroxyl groups is 1. The lowest BCUT2D eigenvalue weighted by Crippen LogP contribution is -1.90. The summed E-state index contributed by atoms with van der Waals surface area (Å²) in [6, 6.07) is 45.7. The molecule has 0 fully saturated rings. The second kappa shape index (κ2) is 9.51. The molecule has 2 aromatic heterocycles. The molecule has 4 heteroatoms. The molecule has 9 aromatic rings. The zero-order valence-electron chi connectivity index (χ0n) is 23.5. The third-order valence-electron chi connectivity index (χ3n) is 8.66. The lowest BCUT2D eigenvalue weighted by molar-refractivity contribution is 0.482. The van der Waals surface area contributed by atoms with Gasteiger partial charge in [0.1, 0.15) is 16.8 Å². The van der Waals surface area contributed by atoms with Gasteiger partial charge in [-0.25, -0.2) is 4.98 Å². The lowest BCUT2D eigenvalue weighted by Gasteiger charge is -2.17. The number of pyridine rings is 1. The largest absolute Gasteiger partial charge is 0.505 e. The number of hydrogen-bond acceptors (Lipinski definition) is 4. The van der Waals surface area contributed by atoms with Crippen LogP contribution in [0.15, 0.2) is 144 Å². The summed E-state index contributed by atoms with van der Waals surface area (Å²) in [4.78, 5) is 9.16. The van der Waals surface area contributed by atoms with Crippen LogP contribution in [0, 0.1) is 0 Å². The molecule has 0 saturated heterocycles. The maximum absolute atomic E-state index is 11.5. The van der Waals surface area contributed by atoms with Gasteiger partial charge in [-0.15, -0.1) is 0 Å². The topological polar surface area (TPSA) is 59.2 Å². The monoisotopic (exact) mass is 564 g/mol. The van der Waals surface area contributed by atoms with Crippen molar-refractivity contribution in [2.24, 2.45) is 0 Å². The number of aromatic nitrogens is 2. The molecule has 9 rings (SSSR count). The fraction of sp³-hybridized carbons (Fsp3) is 0. The second-order valence-corrected chi connectivity index (χ2v) is 11.1. The van der Waals surface area contributed by atoms with Gasteiger partial charge in [-0.3, -0.25) is 4.98 Å². The van der Waals surface area contributed by atoms with Crippen LogP contribution in [-0.2, 0) is 0 Å². The molecule has 0 unspecified atom stereocenters. The Morgan fingerprint density at radius 1 is 0.523 bits per heavy atom. The van der Waals surface area contributed by atoms with Crippen LogP contribution in [0.25, 0.3) is 88.0 Å². The molecule has 0 atom stereocenters. The first kappa shape index (κ1) is 24.6. The van der Waals surface area contributed by atoms with Gasteiger partial charge in [-0.2, -0.15) is 0 Å². The molecule has 7 aromatic carbocycles. The molecule has 1 N–H and O–H groups in total. The minimum Gasteiger partial charge on any atom is -0.505 e. The van der Waals surface area contributed by atoms with E-state index in [1.54, 1.807) is 6.20 Å². The minimum absolute atomic E-state index is 0.202. The molecular formula is C40H24N2O2. The van der Waals surface area contributed by atoms with E-state index < -0.39 is 0 Å². The Labute approximate surface area is 252 Å². The number of hydrogen-bond donors (Lipinski definition) is 1. The molecule has 0 aliphatic heterocycles. The second-order valence-electron chi connectivity index (χ2n) is 11.1. The number of phenols is 1. The first-order valence-electron chi connectivity index (χ1n) is 14.6. The van der Waals surface area contributed by atoms with Crippen molar-refractivity contribution in [3.63, 3.8) is 0 Å². The van der Waals surface area contributed by atoms with Crippen molar-refractivity contribution in [1.82, 2.24) is 9.97 Å². The summed E-state index contributed by atoms with van der Waals surface area (Å²) in [5.41, 5.74) is 7.25. The fourth-order valence-corrected chi connectivity index (χ4v) is 6.57. The summed E-state index contributed by atoms with van der Waals surface area (Å²) in [7, 11) is 0. The smallest absolute Gasteiger partial charge is 0.227 e. The Kier molecular flexibility index (Phi) is 5.32. The molecule has 0 radical (unpaired) electrons. The van der Waals surface area contributed by atoms with Crippen molar-refractivity contribution in [3.8, 4) is 39.5 Å². The van der Waals surface area contributed by atoms with Gasteiger partial charge in [-0.1, -0.05) is 91.0 Å². The SMILES string of the molecule is Oc1c(-c2c3ccccc3cc3c2ccc2c(-c4ccc(-c5nc6ccccc6o5)cc4)cccc23)ccc2cccnc12. The van der Waals surface area contributed by atoms with Gasteiger partial charge in [0.15, 0.2) is 5.58 Å². The normalized spacial score (nSPS) is 11.7. The van der Waals surface area contributed by atoms with E-state index >= 15 is 0 Å². The molecule has 0 spiro atoms. The molecule has 206 valence electrons. The standard InChI is InChI=1S/C40H24N2O2/c43-39-33(19-18-25-8-6-22-41-38(25)39)37-29-9-2-1-7-27(29)23-34-30-11-5-10-28(31(30)20-21-32(34)37)24-14-16-26(17-15-24)40-42-35-12-3-4-13-36(35)44-40/h1-23,43H. The number of nitrogens with zero attached hydrogens (tertiary/aromatic N) is 2. The van der Waals surface area contributed by atoms with E-state index in [0.29, 0.717) is 11.4 Å². The highest BCUT2D eigenvalue weighted by molar-refractivity contribution is 6.22. The molecule has 0 aliphatic rings. The van der Waals surface area contributed by atoms with Gasteiger partial charge in [0.2, 0.25) is 5.89 Å². The molecule has 4 nitrogen and oxygen atoms in total. The molecule has 0 saturated carbocycles. The van der Waals surface area contributed by atoms with Crippen molar-refractivity contribution < 1.29 is 9.52 Å². The van der Waals surface area contributed by atoms with Gasteiger partial charge in [0.25, 0.3) is 0 Å². The van der Waals surface area contributed by atoms with Gasteiger partial charge < -0.3 is 9.52 Å². The van der Waals surface area contributed by atoms with Crippen LogP contribution in [0.5, 0.6) is 5.75 Å². The van der Waals surface area contributed by atoms with Crippen molar-refractivity contribution in [3.05, 3.63) is 140 Å². The lowest BCUT2D eigenvalue weighted by atomic mass is 9.87. The third kappa shape index (κ3) is 3.71. The maximum atomic E-state index is 11.5. The fourth-order valence-electron chi connectivity index (χ4n) is 6.57. The summed E-state index contributed by atoms with van der Waals surface area (Å²) in [5.74, 6) is 0.821. The summed E-state index contributed by atoms with van der Waals surface area (Å²) in [5, 5.41) is 19.2. The highest BCUT2D eigenvalue weighted by atomic mass is 16.3.